The maximum atomic E-state index is 12.3. The quantitative estimate of drug-likeness (QED) is 0.807. The Hall–Kier alpha value is -0.390. The molecule has 0 saturated carbocycles. The highest BCUT2D eigenvalue weighted by Gasteiger charge is 2.22. The first-order valence-electron chi connectivity index (χ1n) is 5.78. The van der Waals surface area contributed by atoms with Gasteiger partial charge in [-0.15, -0.1) is 0 Å². The van der Waals surface area contributed by atoms with Crippen molar-refractivity contribution in [3.05, 3.63) is 28.7 Å². The minimum Gasteiger partial charge on any atom is -0.207 e. The lowest BCUT2D eigenvalue weighted by Crippen LogP contribution is -2.31. The van der Waals surface area contributed by atoms with Gasteiger partial charge in [0.25, 0.3) is 0 Å². The lowest BCUT2D eigenvalue weighted by Gasteiger charge is -2.20. The number of sulfonamides is 1. The zero-order valence-corrected chi connectivity index (χ0v) is 12.6. The predicted molar refractivity (Wildman–Crippen MR) is 73.5 cm³/mol. The smallest absolute Gasteiger partial charge is 0.207 e. The molecule has 1 rings (SSSR count). The first-order valence-corrected chi connectivity index (χ1v) is 8.01. The van der Waals surface area contributed by atoms with E-state index in [1.807, 2.05) is 13.0 Å². The van der Waals surface area contributed by atoms with E-state index in [1.54, 1.807) is 18.2 Å². The molecule has 0 saturated heterocycles. The van der Waals surface area contributed by atoms with Crippen molar-refractivity contribution in [1.82, 2.24) is 4.31 Å². The molecular weight excluding hydrogens is 302 g/mol. The molecule has 0 aliphatic carbocycles. The highest BCUT2D eigenvalue weighted by atomic mass is 79.9. The second kappa shape index (κ2) is 6.52. The Balaban J connectivity index is 3.00. The van der Waals surface area contributed by atoms with Crippen LogP contribution >= 0.6 is 15.9 Å². The first kappa shape index (κ1) is 14.7. The molecule has 0 atom stereocenters. The van der Waals surface area contributed by atoms with Crippen molar-refractivity contribution in [2.45, 2.75) is 31.6 Å². The first-order chi connectivity index (χ1) is 8.02. The Labute approximate surface area is 112 Å². The van der Waals surface area contributed by atoms with E-state index >= 15 is 0 Å². The molecule has 0 aliphatic heterocycles. The maximum absolute atomic E-state index is 12.3. The van der Waals surface area contributed by atoms with Gasteiger partial charge >= 0.3 is 0 Å². The number of hydrogen-bond donors (Lipinski definition) is 0. The molecule has 1 aromatic carbocycles. The van der Waals surface area contributed by atoms with Crippen molar-refractivity contribution in [3.8, 4) is 0 Å². The molecule has 0 aromatic heterocycles. The Morgan fingerprint density at radius 3 is 2.53 bits per heavy atom. The van der Waals surface area contributed by atoms with Crippen LogP contribution in [0, 0.1) is 0 Å². The van der Waals surface area contributed by atoms with Crippen LogP contribution in [0.15, 0.2) is 33.6 Å². The number of halogens is 1. The minimum atomic E-state index is -3.34. The highest BCUT2D eigenvalue weighted by molar-refractivity contribution is 9.10. The molecule has 0 radical (unpaired) electrons. The monoisotopic (exact) mass is 319 g/mol. The van der Waals surface area contributed by atoms with Crippen molar-refractivity contribution in [3.63, 3.8) is 0 Å². The van der Waals surface area contributed by atoms with Crippen LogP contribution in [0.3, 0.4) is 0 Å². The summed E-state index contributed by atoms with van der Waals surface area (Å²) in [5, 5.41) is 0. The fourth-order valence-electron chi connectivity index (χ4n) is 1.56. The Morgan fingerprint density at radius 1 is 1.29 bits per heavy atom. The summed E-state index contributed by atoms with van der Waals surface area (Å²) < 4.78 is 27.0. The van der Waals surface area contributed by atoms with E-state index in [2.05, 4.69) is 22.9 Å². The van der Waals surface area contributed by atoms with Gasteiger partial charge in [0.2, 0.25) is 10.0 Å². The zero-order valence-electron chi connectivity index (χ0n) is 10.2. The number of hydrogen-bond acceptors (Lipinski definition) is 2. The van der Waals surface area contributed by atoms with Gasteiger partial charge in [-0.2, -0.15) is 4.31 Å². The van der Waals surface area contributed by atoms with E-state index in [9.17, 15) is 8.42 Å². The van der Waals surface area contributed by atoms with Crippen molar-refractivity contribution < 1.29 is 8.42 Å². The lowest BCUT2D eigenvalue weighted by molar-refractivity contribution is 0.419. The fraction of sp³-hybridized carbons (Fsp3) is 0.500. The van der Waals surface area contributed by atoms with Crippen molar-refractivity contribution >= 4 is 26.0 Å². The van der Waals surface area contributed by atoms with Crippen LogP contribution in [0.4, 0.5) is 0 Å². The summed E-state index contributed by atoms with van der Waals surface area (Å²) >= 11 is 3.30. The molecule has 0 spiro atoms. The number of benzene rings is 1. The summed E-state index contributed by atoms with van der Waals surface area (Å²) in [6, 6.07) is 6.84. The summed E-state index contributed by atoms with van der Waals surface area (Å²) in [4.78, 5) is 0.352. The van der Waals surface area contributed by atoms with Crippen LogP contribution in [0.2, 0.25) is 0 Å². The molecule has 0 aliphatic rings. The van der Waals surface area contributed by atoms with Crippen molar-refractivity contribution in [1.29, 1.82) is 0 Å². The van der Waals surface area contributed by atoms with Crippen LogP contribution in [-0.2, 0) is 10.0 Å². The third-order valence-corrected chi connectivity index (χ3v) is 5.01. The van der Waals surface area contributed by atoms with Crippen LogP contribution in [-0.4, -0.2) is 25.8 Å². The van der Waals surface area contributed by atoms with Gasteiger partial charge in [-0.3, -0.25) is 0 Å². The fourth-order valence-corrected chi connectivity index (χ4v) is 3.64. The number of nitrogens with zero attached hydrogens (tertiary/aromatic N) is 1. The SMILES string of the molecule is CCCCN(CC)S(=O)(=O)c1cccc(Br)c1. The van der Waals surface area contributed by atoms with E-state index in [0.717, 1.165) is 17.3 Å². The molecule has 0 amide bonds. The highest BCUT2D eigenvalue weighted by Crippen LogP contribution is 2.20. The molecule has 0 fully saturated rings. The maximum Gasteiger partial charge on any atom is 0.243 e. The van der Waals surface area contributed by atoms with E-state index in [4.69, 9.17) is 0 Å². The molecular formula is C12H18BrNO2S. The molecule has 0 unspecified atom stereocenters. The molecule has 96 valence electrons. The minimum absolute atomic E-state index is 0.352. The molecule has 3 nitrogen and oxygen atoms in total. The van der Waals surface area contributed by atoms with Crippen LogP contribution < -0.4 is 0 Å². The summed E-state index contributed by atoms with van der Waals surface area (Å²) in [7, 11) is -3.34. The third-order valence-electron chi connectivity index (χ3n) is 2.55. The van der Waals surface area contributed by atoms with Crippen molar-refractivity contribution in [2.24, 2.45) is 0 Å². The summed E-state index contributed by atoms with van der Waals surface area (Å²) in [6.45, 7) is 5.02. The normalized spacial score (nSPS) is 12.0. The second-order valence-corrected chi connectivity index (χ2v) is 6.66. The van der Waals surface area contributed by atoms with Gasteiger partial charge in [0.15, 0.2) is 0 Å². The molecule has 17 heavy (non-hydrogen) atoms. The number of rotatable bonds is 6. The van der Waals surface area contributed by atoms with Gasteiger partial charge in [0.1, 0.15) is 0 Å². The van der Waals surface area contributed by atoms with Crippen LogP contribution in [0.25, 0.3) is 0 Å². The van der Waals surface area contributed by atoms with E-state index in [-0.39, 0.29) is 0 Å². The van der Waals surface area contributed by atoms with E-state index < -0.39 is 10.0 Å². The molecule has 0 N–H and O–H groups in total. The largest absolute Gasteiger partial charge is 0.243 e. The Kier molecular flexibility index (Phi) is 5.62. The van der Waals surface area contributed by atoms with Gasteiger partial charge in [-0.05, 0) is 24.6 Å². The Bertz CT molecular complexity index is 459. The van der Waals surface area contributed by atoms with E-state index in [0.29, 0.717) is 18.0 Å². The van der Waals surface area contributed by atoms with Gasteiger partial charge < -0.3 is 0 Å². The second-order valence-electron chi connectivity index (χ2n) is 3.81. The lowest BCUT2D eigenvalue weighted by atomic mass is 10.3. The topological polar surface area (TPSA) is 37.4 Å². The molecule has 1 aromatic rings. The standard InChI is InChI=1S/C12H18BrNO2S/c1-3-5-9-14(4-2)17(15,16)12-8-6-7-11(13)10-12/h6-8,10H,3-5,9H2,1-2H3. The summed E-state index contributed by atoms with van der Waals surface area (Å²) in [6.07, 6.45) is 1.88. The van der Waals surface area contributed by atoms with Gasteiger partial charge in [0.05, 0.1) is 4.90 Å². The van der Waals surface area contributed by atoms with Crippen LogP contribution in [0.1, 0.15) is 26.7 Å². The molecule has 5 heteroatoms. The summed E-state index contributed by atoms with van der Waals surface area (Å²) in [5.41, 5.74) is 0. The number of unbranched alkanes of at least 4 members (excludes halogenated alkanes) is 1. The zero-order chi connectivity index (χ0) is 12.9. The van der Waals surface area contributed by atoms with Gasteiger partial charge in [-0.1, -0.05) is 42.3 Å². The molecule has 0 heterocycles. The van der Waals surface area contributed by atoms with Gasteiger partial charge in [0, 0.05) is 17.6 Å². The third kappa shape index (κ3) is 3.79. The molecule has 0 bridgehead atoms. The Morgan fingerprint density at radius 2 is 2.00 bits per heavy atom. The van der Waals surface area contributed by atoms with Gasteiger partial charge in [-0.25, -0.2) is 8.42 Å². The van der Waals surface area contributed by atoms with Crippen molar-refractivity contribution in [2.75, 3.05) is 13.1 Å². The predicted octanol–water partition coefficient (Wildman–Crippen LogP) is 3.26. The average molecular weight is 320 g/mol. The average Bonchev–Trinajstić information content (AvgIpc) is 2.30. The van der Waals surface area contributed by atoms with Crippen LogP contribution in [0.5, 0.6) is 0 Å². The van der Waals surface area contributed by atoms with E-state index in [1.165, 1.54) is 4.31 Å². The summed E-state index contributed by atoms with van der Waals surface area (Å²) in [5.74, 6) is 0.